The first kappa shape index (κ1) is 87.1. The molecule has 0 aromatic heterocycles. The summed E-state index contributed by atoms with van der Waals surface area (Å²) in [5, 5.41) is 58.8. The molecule has 2 fully saturated rings. The lowest BCUT2D eigenvalue weighted by Crippen LogP contribution is -2.61. The highest BCUT2D eigenvalue weighted by atomic mass is 32.2. The molecule has 3 heterocycles. The van der Waals surface area contributed by atoms with Crippen LogP contribution in [0.3, 0.4) is 0 Å². The van der Waals surface area contributed by atoms with Crippen LogP contribution in [0.4, 0.5) is 0 Å². The number of ether oxygens (including phenoxy) is 3. The van der Waals surface area contributed by atoms with Crippen LogP contribution in [0.15, 0.2) is 54.6 Å². The van der Waals surface area contributed by atoms with Gasteiger partial charge in [-0.05, 0) is 75.0 Å². The monoisotopic (exact) mass is 1500 g/mol. The number of benzene rings is 2. The lowest BCUT2D eigenvalue weighted by molar-refractivity contribution is -0.148. The van der Waals surface area contributed by atoms with Gasteiger partial charge in [0, 0.05) is 127 Å². The largest absolute Gasteiger partial charge is 0.481 e. The number of rotatable bonds is 39. The molecule has 34 heteroatoms. The number of aliphatic carboxylic acids is 2. The van der Waals surface area contributed by atoms with Gasteiger partial charge in [0.05, 0.1) is 38.4 Å². The SMILES string of the molecule is CCCC[C@H](NC(=O)CCC(=O)NCCCOCCOCCOCCCNC(=O)C(CNCCN)CNCCN)C(=O)N[C@H]1CSCc2cccc(c2)CSC[C@@H](C(=O)O)NC(=O)[C@H](Cc2ccccc2)NC(=O)[C@H](CCC(=O)O)NC(=O)[C@H]([C@@H](C)O)NC(=O)[C@@H]2CCCN2C(=O)[C@@H]2CCCN2C1=O. The fourth-order valence-electron chi connectivity index (χ4n) is 11.8. The molecule has 580 valence electrons. The molecule has 2 aromatic carbocycles. The van der Waals surface area contributed by atoms with Crippen LogP contribution in [0.2, 0.25) is 0 Å². The maximum Gasteiger partial charge on any atom is 0.327 e. The first-order valence-corrected chi connectivity index (χ1v) is 38.4. The summed E-state index contributed by atoms with van der Waals surface area (Å²) in [6.07, 6.45) is 0.211. The van der Waals surface area contributed by atoms with Gasteiger partial charge in [-0.2, -0.15) is 23.5 Å². The molecule has 32 nitrogen and oxygen atoms in total. The molecule has 2 saturated heterocycles. The summed E-state index contributed by atoms with van der Waals surface area (Å²) in [5.74, 6) is -9.15. The summed E-state index contributed by atoms with van der Waals surface area (Å²) >= 11 is 2.53. The average molecular weight is 1500 g/mol. The van der Waals surface area contributed by atoms with Gasteiger partial charge in [0.1, 0.15) is 48.3 Å². The van der Waals surface area contributed by atoms with Gasteiger partial charge in [-0.3, -0.25) is 52.7 Å². The van der Waals surface area contributed by atoms with E-state index in [2.05, 4.69) is 53.2 Å². The van der Waals surface area contributed by atoms with E-state index in [0.717, 1.165) is 11.1 Å². The Balaban J connectivity index is 1.21. The van der Waals surface area contributed by atoms with Crippen LogP contribution < -0.4 is 64.6 Å². The molecule has 104 heavy (non-hydrogen) atoms. The molecule has 0 aliphatic carbocycles. The van der Waals surface area contributed by atoms with E-state index in [-0.39, 0.29) is 87.4 Å². The number of unbranched alkanes of at least 4 members (excludes halogenated alkanes) is 1. The topological polar surface area (TPSA) is 472 Å². The quantitative estimate of drug-likeness (QED) is 0.0334. The number of aliphatic hydroxyl groups excluding tert-OH is 1. The number of nitrogens with one attached hydrogen (secondary N) is 10. The van der Waals surface area contributed by atoms with Crippen molar-refractivity contribution in [1.82, 2.24) is 63.0 Å². The van der Waals surface area contributed by atoms with Gasteiger partial charge >= 0.3 is 11.9 Å². The molecule has 0 radical (unpaired) electrons. The van der Waals surface area contributed by atoms with E-state index in [9.17, 15) is 68.1 Å². The maximum atomic E-state index is 15.1. The van der Waals surface area contributed by atoms with Crippen LogP contribution in [0.25, 0.3) is 0 Å². The van der Waals surface area contributed by atoms with Gasteiger partial charge in [0.15, 0.2) is 0 Å². The Kier molecular flexibility index (Phi) is 41.3. The molecule has 2 aromatic rings. The zero-order valence-corrected chi connectivity index (χ0v) is 61.5. The number of hydrogen-bond acceptors (Lipinski definition) is 22. The third-order valence-corrected chi connectivity index (χ3v) is 19.6. The van der Waals surface area contributed by atoms with Crippen LogP contribution in [0.5, 0.6) is 0 Å². The highest BCUT2D eigenvalue weighted by Gasteiger charge is 2.45. The Labute approximate surface area is 616 Å². The molecule has 3 aliphatic heterocycles. The highest BCUT2D eigenvalue weighted by Crippen LogP contribution is 2.28. The van der Waals surface area contributed by atoms with Crippen molar-refractivity contribution in [3.8, 4) is 0 Å². The van der Waals surface area contributed by atoms with E-state index in [1.54, 1.807) is 30.3 Å². The fraction of sp³-hybridized carbons (Fsp3) is 0.657. The minimum Gasteiger partial charge on any atom is -0.481 e. The molecule has 10 amide bonds. The number of thioether (sulfide) groups is 2. The molecule has 9 atom stereocenters. The third-order valence-electron chi connectivity index (χ3n) is 17.4. The first-order chi connectivity index (χ1) is 50.1. The number of carboxylic acids is 2. The highest BCUT2D eigenvalue weighted by molar-refractivity contribution is 7.98. The van der Waals surface area contributed by atoms with Crippen molar-refractivity contribution in [2.24, 2.45) is 17.4 Å². The van der Waals surface area contributed by atoms with Gasteiger partial charge < -0.3 is 104 Å². The second-order valence-electron chi connectivity index (χ2n) is 25.8. The van der Waals surface area contributed by atoms with E-state index >= 15 is 4.79 Å². The van der Waals surface area contributed by atoms with Crippen molar-refractivity contribution in [1.29, 1.82) is 0 Å². The number of hydrogen-bond donors (Lipinski definition) is 15. The molecule has 0 saturated carbocycles. The first-order valence-electron chi connectivity index (χ1n) is 36.1. The Morgan fingerprint density at radius 1 is 0.625 bits per heavy atom. The summed E-state index contributed by atoms with van der Waals surface area (Å²) in [5.41, 5.74) is 13.3. The Morgan fingerprint density at radius 3 is 1.81 bits per heavy atom. The average Bonchev–Trinajstić information content (AvgIpc) is 1.63. The summed E-state index contributed by atoms with van der Waals surface area (Å²) in [7, 11) is 0. The maximum absolute atomic E-state index is 15.1. The van der Waals surface area contributed by atoms with Crippen molar-refractivity contribution in [3.63, 3.8) is 0 Å². The van der Waals surface area contributed by atoms with Crippen LogP contribution >= 0.6 is 23.5 Å². The van der Waals surface area contributed by atoms with Crippen molar-refractivity contribution in [2.75, 3.05) is 117 Å². The number of aliphatic hydroxyl groups is 1. The summed E-state index contributed by atoms with van der Waals surface area (Å²) in [6, 6.07) is 4.92. The van der Waals surface area contributed by atoms with Crippen molar-refractivity contribution in [3.05, 3.63) is 71.3 Å². The standard InChI is InChI=1S/C70H110N14O18S2/c1-3-4-17-51(77-59(87)22-21-58(86)75-26-11-32-100-34-36-102-37-35-101-33-12-27-76-62(90)50(40-73-28-24-71)41-74-29-25-72)63(91)80-54-44-103-42-48-15-8-16-49(38-48)43-104-45-55(70(98)99)81-65(93)53(39-47-13-6-5-7-14-47)79-64(92)52(20-23-60(88)89)78-67(95)61(46(2)85)82-66(94)56-18-9-30-83(56)69(97)57-19-10-31-84(57)68(54)96/h5-8,13-16,38,46,50-57,61,73-74,85H,3-4,9-12,17-37,39-45,71-72H2,1-2H3,(H,75,86)(H,76,90)(H,77,87)(H,78,95)(H,79,92)(H,80,91)(H,81,93)(H,82,94)(H,88,89)(H,98,99)/t46-,51+,52+,53+,54+,55+,56+,57+,61+/m1/s1. The van der Waals surface area contributed by atoms with Gasteiger partial charge in [0.25, 0.3) is 0 Å². The number of carbonyl (C=O) groups excluding carboxylic acids is 10. The van der Waals surface area contributed by atoms with Crippen molar-refractivity contribution in [2.45, 2.75) is 170 Å². The van der Waals surface area contributed by atoms with Gasteiger partial charge in [0.2, 0.25) is 59.1 Å². The van der Waals surface area contributed by atoms with Crippen molar-refractivity contribution >= 4 is 94.5 Å². The lowest BCUT2D eigenvalue weighted by Gasteiger charge is -2.34. The predicted octanol–water partition coefficient (Wildman–Crippen LogP) is -1.62. The van der Waals surface area contributed by atoms with E-state index in [1.807, 2.05) is 31.2 Å². The summed E-state index contributed by atoms with van der Waals surface area (Å²) in [6.45, 7) is 9.46. The third kappa shape index (κ3) is 32.0. The van der Waals surface area contributed by atoms with Crippen LogP contribution in [-0.4, -0.2) is 267 Å². The number of nitrogens with two attached hydrogens (primary N) is 2. The lowest BCUT2D eigenvalue weighted by atomic mass is 10.0. The number of carboxylic acid groups (broad SMARTS) is 2. The second-order valence-corrected chi connectivity index (χ2v) is 27.9. The smallest absolute Gasteiger partial charge is 0.327 e. The number of nitrogens with zero attached hydrogens (tertiary/aromatic N) is 2. The minimum atomic E-state index is -1.76. The molecule has 5 rings (SSSR count). The molecule has 17 N–H and O–H groups in total. The molecular formula is C70H110N14O18S2. The Morgan fingerprint density at radius 2 is 1.20 bits per heavy atom. The zero-order valence-electron chi connectivity index (χ0n) is 59.8. The van der Waals surface area contributed by atoms with Gasteiger partial charge in [-0.1, -0.05) is 74.4 Å². The van der Waals surface area contributed by atoms with E-state index < -0.39 is 126 Å². The molecular weight excluding hydrogens is 1390 g/mol. The van der Waals surface area contributed by atoms with Crippen LogP contribution in [0, 0.1) is 5.92 Å². The summed E-state index contributed by atoms with van der Waals surface area (Å²) < 4.78 is 16.8. The van der Waals surface area contributed by atoms with E-state index in [1.165, 1.54) is 40.2 Å². The van der Waals surface area contributed by atoms with Crippen LogP contribution in [-0.2, 0) is 89.7 Å². The zero-order chi connectivity index (χ0) is 75.6. The van der Waals surface area contributed by atoms with E-state index in [4.69, 9.17) is 25.7 Å². The molecule has 3 aliphatic rings. The van der Waals surface area contributed by atoms with Crippen molar-refractivity contribution < 1.29 is 87.1 Å². The van der Waals surface area contributed by atoms with E-state index in [0.29, 0.717) is 141 Å². The fourth-order valence-corrected chi connectivity index (χ4v) is 13.8. The normalized spacial score (nSPS) is 21.0. The summed E-state index contributed by atoms with van der Waals surface area (Å²) in [4.78, 5) is 168. The van der Waals surface area contributed by atoms with Gasteiger partial charge in [-0.25, -0.2) is 4.79 Å². The van der Waals surface area contributed by atoms with Crippen LogP contribution in [0.1, 0.15) is 114 Å². The predicted molar refractivity (Wildman–Crippen MR) is 390 cm³/mol. The molecule has 0 unspecified atom stereocenters. The van der Waals surface area contributed by atoms with Gasteiger partial charge in [-0.15, -0.1) is 0 Å². The Hall–Kier alpha value is -7.54. The molecule has 2 bridgehead atoms. The number of fused-ring (bicyclic) bond motifs is 4. The second kappa shape index (κ2) is 49.3. The molecule has 0 spiro atoms. The number of carbonyl (C=O) groups is 12. The minimum absolute atomic E-state index is 0.00167. The Bertz CT molecular complexity index is 3040. The number of amides is 10.